The van der Waals surface area contributed by atoms with E-state index in [0.717, 1.165) is 43.3 Å². The van der Waals surface area contributed by atoms with Crippen LogP contribution in [-0.2, 0) is 11.3 Å². The van der Waals surface area contributed by atoms with Gasteiger partial charge in [0.25, 0.3) is 0 Å². The van der Waals surface area contributed by atoms with E-state index in [4.69, 9.17) is 4.74 Å². The predicted molar refractivity (Wildman–Crippen MR) is 106 cm³/mol. The molecule has 1 aromatic carbocycles. The molecule has 1 aromatic heterocycles. The van der Waals surface area contributed by atoms with E-state index < -0.39 is 0 Å². The Morgan fingerprint density at radius 1 is 1.25 bits per heavy atom. The summed E-state index contributed by atoms with van der Waals surface area (Å²) in [6.45, 7) is 5.70. The molecule has 3 rings (SSSR count). The zero-order valence-corrected chi connectivity index (χ0v) is 16.5. The minimum absolute atomic E-state index is 0.0756. The highest BCUT2D eigenvalue weighted by Crippen LogP contribution is 2.20. The highest BCUT2D eigenvalue weighted by Gasteiger charge is 2.22. The average molecular weight is 387 g/mol. The first-order chi connectivity index (χ1) is 13.4. The molecule has 1 aliphatic rings. The number of carbonyl (C=O) groups excluding carboxylic acids is 1. The smallest absolute Gasteiger partial charge is 0.319 e. The summed E-state index contributed by atoms with van der Waals surface area (Å²) < 4.78 is 18.5. The van der Waals surface area contributed by atoms with Crippen molar-refractivity contribution in [3.05, 3.63) is 47.2 Å². The Morgan fingerprint density at radius 2 is 2.00 bits per heavy atom. The molecule has 8 heteroatoms. The van der Waals surface area contributed by atoms with Gasteiger partial charge in [-0.05, 0) is 44.9 Å². The largest absolute Gasteiger partial charge is 0.380 e. The minimum Gasteiger partial charge on any atom is -0.380 e. The van der Waals surface area contributed by atoms with Gasteiger partial charge in [-0.25, -0.2) is 19.2 Å². The molecule has 7 nitrogen and oxygen atoms in total. The lowest BCUT2D eigenvalue weighted by Gasteiger charge is -2.33. The number of ether oxygens (including phenoxy) is 1. The molecule has 1 saturated heterocycles. The molecule has 0 bridgehead atoms. The molecule has 150 valence electrons. The van der Waals surface area contributed by atoms with E-state index >= 15 is 0 Å². The number of benzene rings is 1. The van der Waals surface area contributed by atoms with Gasteiger partial charge in [-0.3, -0.25) is 0 Å². The number of hydrogen-bond donors (Lipinski definition) is 2. The van der Waals surface area contributed by atoms with Crippen molar-refractivity contribution in [1.82, 2.24) is 15.3 Å². The van der Waals surface area contributed by atoms with E-state index in [1.54, 1.807) is 6.07 Å². The van der Waals surface area contributed by atoms with Crippen LogP contribution >= 0.6 is 0 Å². The summed E-state index contributed by atoms with van der Waals surface area (Å²) >= 11 is 0. The maximum atomic E-state index is 13.4. The van der Waals surface area contributed by atoms with Crippen LogP contribution < -0.4 is 15.5 Å². The summed E-state index contributed by atoms with van der Waals surface area (Å²) in [6.07, 6.45) is 1.65. The number of nitrogens with zero attached hydrogens (tertiary/aromatic N) is 3. The lowest BCUT2D eigenvalue weighted by atomic mass is 10.1. The number of anilines is 2. The van der Waals surface area contributed by atoms with Crippen molar-refractivity contribution in [2.75, 3.05) is 30.4 Å². The molecular formula is C20H26FN5O2. The number of urea groups is 1. The van der Waals surface area contributed by atoms with Gasteiger partial charge in [0.2, 0.25) is 0 Å². The van der Waals surface area contributed by atoms with Crippen LogP contribution in [0.5, 0.6) is 0 Å². The van der Waals surface area contributed by atoms with Crippen molar-refractivity contribution in [3.63, 3.8) is 0 Å². The van der Waals surface area contributed by atoms with Crippen molar-refractivity contribution in [3.8, 4) is 0 Å². The number of halogens is 1. The average Bonchev–Trinajstić information content (AvgIpc) is 2.64. The number of carbonyl (C=O) groups is 1. The number of amides is 2. The second-order valence-electron chi connectivity index (χ2n) is 7.01. The SMILES string of the molecule is COCc1cc(F)ccc1NC(=O)NC1CCN(c2cc(C)nc(C)n2)CC1. The van der Waals surface area contributed by atoms with E-state index in [2.05, 4.69) is 25.5 Å². The topological polar surface area (TPSA) is 79.4 Å². The maximum Gasteiger partial charge on any atom is 0.319 e. The summed E-state index contributed by atoms with van der Waals surface area (Å²) in [5.74, 6) is 1.34. The minimum atomic E-state index is -0.361. The van der Waals surface area contributed by atoms with Crippen LogP contribution in [0.3, 0.4) is 0 Å². The van der Waals surface area contributed by atoms with Crippen LogP contribution in [0.1, 0.15) is 29.9 Å². The molecular weight excluding hydrogens is 361 g/mol. The molecule has 0 atom stereocenters. The molecule has 2 heterocycles. The van der Waals surface area contributed by atoms with Gasteiger partial charge in [0.05, 0.1) is 6.61 Å². The van der Waals surface area contributed by atoms with Crippen LogP contribution in [-0.4, -0.2) is 42.2 Å². The summed E-state index contributed by atoms with van der Waals surface area (Å²) in [7, 11) is 1.53. The quantitative estimate of drug-likeness (QED) is 0.824. The fourth-order valence-electron chi connectivity index (χ4n) is 3.42. The van der Waals surface area contributed by atoms with Crippen molar-refractivity contribution >= 4 is 17.5 Å². The highest BCUT2D eigenvalue weighted by molar-refractivity contribution is 5.90. The van der Waals surface area contributed by atoms with E-state index in [1.165, 1.54) is 19.2 Å². The van der Waals surface area contributed by atoms with Gasteiger partial charge in [-0.2, -0.15) is 0 Å². The number of rotatable bonds is 5. The van der Waals surface area contributed by atoms with Gasteiger partial charge in [0, 0.05) is 49.3 Å². The van der Waals surface area contributed by atoms with Crippen molar-refractivity contribution < 1.29 is 13.9 Å². The molecule has 28 heavy (non-hydrogen) atoms. The fourth-order valence-corrected chi connectivity index (χ4v) is 3.42. The Bertz CT molecular complexity index is 817. The third kappa shape index (κ3) is 5.16. The Balaban J connectivity index is 1.54. The van der Waals surface area contributed by atoms with Gasteiger partial charge < -0.3 is 20.3 Å². The van der Waals surface area contributed by atoms with E-state index in [0.29, 0.717) is 11.3 Å². The summed E-state index contributed by atoms with van der Waals surface area (Å²) in [5.41, 5.74) is 2.10. The monoisotopic (exact) mass is 387 g/mol. The van der Waals surface area contributed by atoms with Crippen molar-refractivity contribution in [2.45, 2.75) is 39.3 Å². The fraction of sp³-hybridized carbons (Fsp3) is 0.450. The Kier molecular flexibility index (Phi) is 6.41. The molecule has 0 aliphatic carbocycles. The van der Waals surface area contributed by atoms with Crippen LogP contribution in [0.2, 0.25) is 0 Å². The van der Waals surface area contributed by atoms with Crippen LogP contribution in [0.4, 0.5) is 20.7 Å². The maximum absolute atomic E-state index is 13.4. The first-order valence-corrected chi connectivity index (χ1v) is 9.36. The number of hydrogen-bond acceptors (Lipinski definition) is 5. The van der Waals surface area contributed by atoms with Gasteiger partial charge >= 0.3 is 6.03 Å². The van der Waals surface area contributed by atoms with Crippen molar-refractivity contribution in [1.29, 1.82) is 0 Å². The van der Waals surface area contributed by atoms with E-state index in [1.807, 2.05) is 19.9 Å². The Hall–Kier alpha value is -2.74. The number of piperidine rings is 1. The highest BCUT2D eigenvalue weighted by atomic mass is 19.1. The van der Waals surface area contributed by atoms with E-state index in [-0.39, 0.29) is 24.5 Å². The number of aryl methyl sites for hydroxylation is 2. The zero-order chi connectivity index (χ0) is 20.1. The molecule has 1 aliphatic heterocycles. The summed E-state index contributed by atoms with van der Waals surface area (Å²) in [4.78, 5) is 23.4. The first kappa shape index (κ1) is 20.0. The van der Waals surface area contributed by atoms with Gasteiger partial charge in [0.15, 0.2) is 0 Å². The lowest BCUT2D eigenvalue weighted by Crippen LogP contribution is -2.46. The molecule has 2 amide bonds. The normalized spacial score (nSPS) is 14.8. The van der Waals surface area contributed by atoms with Crippen molar-refractivity contribution in [2.24, 2.45) is 0 Å². The molecule has 0 spiro atoms. The van der Waals surface area contributed by atoms with Gasteiger partial charge in [0.1, 0.15) is 17.5 Å². The molecule has 0 unspecified atom stereocenters. The Labute approximate surface area is 164 Å². The summed E-state index contributed by atoms with van der Waals surface area (Å²) in [5, 5.41) is 5.80. The first-order valence-electron chi connectivity index (χ1n) is 9.36. The second kappa shape index (κ2) is 8.97. The third-order valence-electron chi connectivity index (χ3n) is 4.72. The number of methoxy groups -OCH3 is 1. The van der Waals surface area contributed by atoms with Crippen LogP contribution in [0.25, 0.3) is 0 Å². The third-order valence-corrected chi connectivity index (χ3v) is 4.72. The molecule has 1 fully saturated rings. The molecule has 2 aromatic rings. The lowest BCUT2D eigenvalue weighted by molar-refractivity contribution is 0.185. The molecule has 0 radical (unpaired) electrons. The zero-order valence-electron chi connectivity index (χ0n) is 16.5. The standard InChI is InChI=1S/C20H26FN5O2/c1-13-10-19(23-14(2)22-13)26-8-6-17(7-9-26)24-20(27)25-18-5-4-16(21)11-15(18)12-28-3/h4-5,10-11,17H,6-9,12H2,1-3H3,(H2,24,25,27). The van der Waals surface area contributed by atoms with Gasteiger partial charge in [-0.15, -0.1) is 0 Å². The molecule has 0 saturated carbocycles. The second-order valence-corrected chi connectivity index (χ2v) is 7.01. The van der Waals surface area contributed by atoms with E-state index in [9.17, 15) is 9.18 Å². The predicted octanol–water partition coefficient (Wildman–Crippen LogP) is 3.17. The summed E-state index contributed by atoms with van der Waals surface area (Å²) in [6, 6.07) is 6.00. The van der Waals surface area contributed by atoms with Gasteiger partial charge in [-0.1, -0.05) is 0 Å². The Morgan fingerprint density at radius 3 is 2.68 bits per heavy atom. The number of aromatic nitrogens is 2. The molecule has 2 N–H and O–H groups in total. The van der Waals surface area contributed by atoms with Crippen LogP contribution in [0, 0.1) is 19.7 Å². The van der Waals surface area contributed by atoms with Crippen LogP contribution in [0.15, 0.2) is 24.3 Å². The number of nitrogens with one attached hydrogen (secondary N) is 2.